The van der Waals surface area contributed by atoms with Gasteiger partial charge in [0.2, 0.25) is 0 Å². The summed E-state index contributed by atoms with van der Waals surface area (Å²) in [6.07, 6.45) is 1.76. The van der Waals surface area contributed by atoms with E-state index in [2.05, 4.69) is 35.5 Å². The molecule has 5 nitrogen and oxygen atoms in total. The zero-order valence-corrected chi connectivity index (χ0v) is 9.47. The van der Waals surface area contributed by atoms with E-state index < -0.39 is 0 Å². The van der Waals surface area contributed by atoms with Gasteiger partial charge in [-0.2, -0.15) is 0 Å². The molecule has 0 aromatic carbocycles. The van der Waals surface area contributed by atoms with Crippen molar-refractivity contribution >= 4 is 0 Å². The van der Waals surface area contributed by atoms with Crippen molar-refractivity contribution in [2.45, 2.75) is 38.3 Å². The number of nitrogens with two attached hydrogens (primary N) is 1. The smallest absolute Gasteiger partial charge is 0.142 e. The molecular formula is C10H18N4O. The number of rotatable bonds is 2. The molecule has 1 aromatic rings. The van der Waals surface area contributed by atoms with Crippen LogP contribution in [0.5, 0.6) is 0 Å². The Hall–Kier alpha value is -0.940. The zero-order chi connectivity index (χ0) is 11.1. The first-order chi connectivity index (χ1) is 7.05. The molecule has 5 heteroatoms. The lowest BCUT2D eigenvalue weighted by Gasteiger charge is -2.27. The van der Waals surface area contributed by atoms with Crippen LogP contribution in [-0.2, 0) is 10.2 Å². The van der Waals surface area contributed by atoms with Gasteiger partial charge < -0.3 is 15.0 Å². The molecule has 2 heterocycles. The summed E-state index contributed by atoms with van der Waals surface area (Å²) in [7, 11) is 0. The van der Waals surface area contributed by atoms with Gasteiger partial charge in [-0.25, -0.2) is 0 Å². The van der Waals surface area contributed by atoms with Crippen LogP contribution in [0.2, 0.25) is 0 Å². The molecule has 15 heavy (non-hydrogen) atoms. The van der Waals surface area contributed by atoms with Crippen LogP contribution in [-0.4, -0.2) is 34.0 Å². The van der Waals surface area contributed by atoms with E-state index in [1.165, 1.54) is 0 Å². The minimum absolute atomic E-state index is 0.000741. The van der Waals surface area contributed by atoms with Crippen molar-refractivity contribution in [3.8, 4) is 0 Å². The SMILES string of the molecule is CC(C)n1cnnc1C1(C)COCC1N. The summed E-state index contributed by atoms with van der Waals surface area (Å²) in [6, 6.07) is 0.346. The highest BCUT2D eigenvalue weighted by molar-refractivity contribution is 5.14. The summed E-state index contributed by atoms with van der Waals surface area (Å²) in [4.78, 5) is 0. The van der Waals surface area contributed by atoms with Crippen molar-refractivity contribution in [1.29, 1.82) is 0 Å². The molecule has 84 valence electrons. The van der Waals surface area contributed by atoms with Crippen molar-refractivity contribution in [1.82, 2.24) is 14.8 Å². The quantitative estimate of drug-likeness (QED) is 0.770. The molecule has 0 radical (unpaired) electrons. The molecule has 2 atom stereocenters. The van der Waals surface area contributed by atoms with E-state index >= 15 is 0 Å². The van der Waals surface area contributed by atoms with E-state index in [0.29, 0.717) is 19.3 Å². The molecule has 1 aromatic heterocycles. The number of ether oxygens (including phenoxy) is 1. The Labute approximate surface area is 89.6 Å². The number of nitrogens with zero attached hydrogens (tertiary/aromatic N) is 3. The summed E-state index contributed by atoms with van der Waals surface area (Å²) in [5.41, 5.74) is 5.86. The molecule has 1 fully saturated rings. The van der Waals surface area contributed by atoms with Gasteiger partial charge in [0.05, 0.1) is 18.6 Å². The van der Waals surface area contributed by atoms with E-state index in [1.807, 2.05) is 0 Å². The lowest BCUT2D eigenvalue weighted by Crippen LogP contribution is -2.44. The van der Waals surface area contributed by atoms with Crippen molar-refractivity contribution in [2.75, 3.05) is 13.2 Å². The molecule has 0 saturated carbocycles. The first kappa shape index (κ1) is 10.6. The van der Waals surface area contributed by atoms with Crippen LogP contribution in [0.1, 0.15) is 32.6 Å². The fourth-order valence-corrected chi connectivity index (χ4v) is 1.95. The van der Waals surface area contributed by atoms with E-state index in [-0.39, 0.29) is 11.5 Å². The van der Waals surface area contributed by atoms with Gasteiger partial charge in [0.25, 0.3) is 0 Å². The Kier molecular flexibility index (Phi) is 2.52. The molecule has 0 spiro atoms. The van der Waals surface area contributed by atoms with Gasteiger partial charge in [-0.05, 0) is 20.8 Å². The van der Waals surface area contributed by atoms with Crippen LogP contribution in [0.3, 0.4) is 0 Å². The van der Waals surface area contributed by atoms with Crippen molar-refractivity contribution < 1.29 is 4.74 Å². The molecule has 0 bridgehead atoms. The predicted octanol–water partition coefficient (Wildman–Crippen LogP) is 0.474. The lowest BCUT2D eigenvalue weighted by atomic mass is 9.84. The Morgan fingerprint density at radius 2 is 2.40 bits per heavy atom. The van der Waals surface area contributed by atoms with E-state index in [4.69, 9.17) is 10.5 Å². The standard InChI is InChI=1S/C10H18N4O/c1-7(2)14-6-12-13-9(14)10(3)5-15-4-8(10)11/h6-8H,4-5,11H2,1-3H3. The van der Waals surface area contributed by atoms with Crippen molar-refractivity contribution in [3.05, 3.63) is 12.2 Å². The Morgan fingerprint density at radius 3 is 2.93 bits per heavy atom. The van der Waals surface area contributed by atoms with Crippen LogP contribution in [0.4, 0.5) is 0 Å². The zero-order valence-electron chi connectivity index (χ0n) is 9.47. The van der Waals surface area contributed by atoms with Crippen LogP contribution in [0.25, 0.3) is 0 Å². The summed E-state index contributed by atoms with van der Waals surface area (Å²) >= 11 is 0. The first-order valence-corrected chi connectivity index (χ1v) is 5.29. The Morgan fingerprint density at radius 1 is 1.67 bits per heavy atom. The highest BCUT2D eigenvalue weighted by Gasteiger charge is 2.43. The number of hydrogen-bond donors (Lipinski definition) is 1. The number of aromatic nitrogens is 3. The molecule has 1 aliphatic heterocycles. The summed E-state index contributed by atoms with van der Waals surface area (Å²) < 4.78 is 7.49. The Balaban J connectivity index is 2.40. The van der Waals surface area contributed by atoms with Gasteiger partial charge in [0, 0.05) is 12.1 Å². The normalized spacial score (nSPS) is 31.4. The van der Waals surface area contributed by atoms with Crippen LogP contribution < -0.4 is 5.73 Å². The largest absolute Gasteiger partial charge is 0.379 e. The second-order valence-corrected chi connectivity index (χ2v) is 4.69. The molecule has 1 saturated heterocycles. The average Bonchev–Trinajstić information content (AvgIpc) is 2.75. The maximum atomic E-state index is 6.07. The topological polar surface area (TPSA) is 66.0 Å². The predicted molar refractivity (Wildman–Crippen MR) is 56.6 cm³/mol. The fourth-order valence-electron chi connectivity index (χ4n) is 1.95. The molecule has 2 unspecified atom stereocenters. The third-order valence-corrected chi connectivity index (χ3v) is 3.16. The van der Waals surface area contributed by atoms with Gasteiger partial charge in [0.1, 0.15) is 12.2 Å². The highest BCUT2D eigenvalue weighted by Crippen LogP contribution is 2.31. The minimum atomic E-state index is -0.208. The summed E-state index contributed by atoms with van der Waals surface area (Å²) in [5, 5.41) is 8.16. The van der Waals surface area contributed by atoms with E-state index in [0.717, 1.165) is 5.82 Å². The van der Waals surface area contributed by atoms with E-state index in [1.54, 1.807) is 6.33 Å². The summed E-state index contributed by atoms with van der Waals surface area (Å²) in [5.74, 6) is 0.933. The maximum Gasteiger partial charge on any atom is 0.142 e. The second kappa shape index (κ2) is 3.57. The van der Waals surface area contributed by atoms with Gasteiger partial charge in [-0.3, -0.25) is 0 Å². The van der Waals surface area contributed by atoms with Gasteiger partial charge in [-0.15, -0.1) is 10.2 Å². The monoisotopic (exact) mass is 210 g/mol. The number of hydrogen-bond acceptors (Lipinski definition) is 4. The first-order valence-electron chi connectivity index (χ1n) is 5.29. The molecule has 1 aliphatic rings. The lowest BCUT2D eigenvalue weighted by molar-refractivity contribution is 0.177. The van der Waals surface area contributed by atoms with Gasteiger partial charge in [-0.1, -0.05) is 0 Å². The minimum Gasteiger partial charge on any atom is -0.379 e. The van der Waals surface area contributed by atoms with Crippen LogP contribution in [0, 0.1) is 0 Å². The molecule has 0 amide bonds. The average molecular weight is 210 g/mol. The fraction of sp³-hybridized carbons (Fsp3) is 0.800. The van der Waals surface area contributed by atoms with Crippen molar-refractivity contribution in [2.24, 2.45) is 5.73 Å². The molecule has 2 rings (SSSR count). The van der Waals surface area contributed by atoms with Crippen LogP contribution in [0.15, 0.2) is 6.33 Å². The van der Waals surface area contributed by atoms with Crippen LogP contribution >= 0.6 is 0 Å². The third kappa shape index (κ3) is 1.55. The van der Waals surface area contributed by atoms with Crippen molar-refractivity contribution in [3.63, 3.8) is 0 Å². The molecule has 0 aliphatic carbocycles. The molecule has 2 N–H and O–H groups in total. The Bertz CT molecular complexity index is 349. The second-order valence-electron chi connectivity index (χ2n) is 4.69. The van der Waals surface area contributed by atoms with E-state index in [9.17, 15) is 0 Å². The third-order valence-electron chi connectivity index (χ3n) is 3.16. The highest BCUT2D eigenvalue weighted by atomic mass is 16.5. The van der Waals surface area contributed by atoms with Gasteiger partial charge in [0.15, 0.2) is 0 Å². The summed E-state index contributed by atoms with van der Waals surface area (Å²) in [6.45, 7) is 7.53. The van der Waals surface area contributed by atoms with Gasteiger partial charge >= 0.3 is 0 Å². The molecular weight excluding hydrogens is 192 g/mol. The maximum absolute atomic E-state index is 6.07.